The van der Waals surface area contributed by atoms with Crippen molar-refractivity contribution in [2.45, 2.75) is 33.6 Å². The highest BCUT2D eigenvalue weighted by molar-refractivity contribution is 8.00. The Morgan fingerprint density at radius 3 is 2.51 bits per heavy atom. The first-order valence-corrected chi connectivity index (χ1v) is 25.8. The van der Waals surface area contributed by atoms with Gasteiger partial charge in [-0.2, -0.15) is 0 Å². The Kier molecular flexibility index (Phi) is 10.4. The van der Waals surface area contributed by atoms with E-state index in [1.54, 1.807) is 48.4 Å². The van der Waals surface area contributed by atoms with Crippen LogP contribution in [0.4, 0.5) is 21.8 Å². The molecule has 1 atom stereocenters. The number of thioether (sulfide) groups is 3. The minimum absolute atomic E-state index is 0.0644. The zero-order valence-corrected chi connectivity index (χ0v) is 39.9. The number of halogens is 1. The fraction of sp³-hybridized carbons (Fsp3) is 0.240. The third-order valence-electron chi connectivity index (χ3n) is 12.6. The number of amides is 2. The third-order valence-corrected chi connectivity index (χ3v) is 15.6. The number of nitrogens with zero attached hydrogens (tertiary/aromatic N) is 7. The van der Waals surface area contributed by atoms with Crippen LogP contribution in [-0.2, 0) is 16.0 Å². The summed E-state index contributed by atoms with van der Waals surface area (Å²) in [6.07, 6.45) is 6.85. The van der Waals surface area contributed by atoms with Gasteiger partial charge in [-0.3, -0.25) is 19.6 Å². The molecule has 0 fully saturated rings. The number of fused-ring (bicyclic) bond motifs is 7. The van der Waals surface area contributed by atoms with Crippen molar-refractivity contribution in [2.24, 2.45) is 0 Å². The molecule has 359 valence electrons. The molecule has 1 N–H and O–H groups in total. The summed E-state index contributed by atoms with van der Waals surface area (Å²) in [6, 6.07) is 13.7. The van der Waals surface area contributed by atoms with Gasteiger partial charge in [0.15, 0.2) is 70.3 Å². The Morgan fingerprint density at radius 1 is 0.722 bits per heavy atom. The van der Waals surface area contributed by atoms with E-state index in [1.165, 1.54) is 34.5 Å². The largest absolute Gasteiger partial charge is 0.491 e. The minimum atomic E-state index is -0.900. The highest BCUT2D eigenvalue weighted by Crippen LogP contribution is 2.53. The molecule has 7 aliphatic rings. The Balaban J connectivity index is 0.886. The van der Waals surface area contributed by atoms with E-state index >= 15 is 4.39 Å². The van der Waals surface area contributed by atoms with Gasteiger partial charge in [0, 0.05) is 40.1 Å². The third kappa shape index (κ3) is 7.32. The molecule has 1 aromatic carbocycles. The Hall–Kier alpha value is -7.56. The molecule has 2 amide bonds. The zero-order chi connectivity index (χ0) is 48.0. The minimum Gasteiger partial charge on any atom is -0.491 e. The van der Waals surface area contributed by atoms with Crippen LogP contribution in [0.2, 0.25) is 0 Å². The smallest absolute Gasteiger partial charge is 0.263 e. The molecule has 13 heterocycles. The van der Waals surface area contributed by atoms with Crippen molar-refractivity contribution in [3.8, 4) is 91.2 Å². The van der Waals surface area contributed by atoms with Crippen LogP contribution in [0.15, 0.2) is 75.6 Å². The van der Waals surface area contributed by atoms with Gasteiger partial charge in [-0.25, -0.2) is 29.2 Å². The lowest BCUT2D eigenvalue weighted by Crippen LogP contribution is -2.33. The van der Waals surface area contributed by atoms with Gasteiger partial charge in [-0.05, 0) is 49.2 Å². The van der Waals surface area contributed by atoms with Crippen LogP contribution >= 0.6 is 35.3 Å². The summed E-state index contributed by atoms with van der Waals surface area (Å²) >= 11 is 4.48. The first kappa shape index (κ1) is 43.2. The van der Waals surface area contributed by atoms with Crippen LogP contribution < -0.4 is 48.1 Å². The molecule has 0 bridgehead atoms. The Bertz CT molecular complexity index is 3500. The molecule has 0 aliphatic carbocycles. The zero-order valence-electron chi connectivity index (χ0n) is 37.4. The Labute approximate surface area is 420 Å². The van der Waals surface area contributed by atoms with Crippen LogP contribution in [0.3, 0.4) is 0 Å². The van der Waals surface area contributed by atoms with E-state index in [9.17, 15) is 9.59 Å². The van der Waals surface area contributed by atoms with Crippen LogP contribution in [0.25, 0.3) is 45.2 Å². The number of pyridine rings is 6. The standard InChI is InChI=1S/C50H34FN8O10S3/c51-26-13-31-33(12-24(26)25-16-54-43(46-23(25)2-1-7-65-46)29-15-38-35(18-53-29)64-10-11-70-38)69-36(19-66-31)45-42(48-47(68-22-72-48)44(58-45)28-14-32-34(17-52-28)63-9-8-62-32)27-3-5-37-50(55-27)59(41(61)21-71-37)39-6-4-30-49(56-39)57-40(60)20-67-30/h3-6,12-15,17-18,36H,1-2,7-11,19-22H2,(H,56,57,60). The normalized spacial score (nSPS) is 17.9. The number of anilines is 3. The van der Waals surface area contributed by atoms with Crippen LogP contribution in [0.5, 0.6) is 46.0 Å². The quantitative estimate of drug-likeness (QED) is 0.167. The van der Waals surface area contributed by atoms with Crippen molar-refractivity contribution in [3.63, 3.8) is 0 Å². The number of hydrogen-bond acceptors (Lipinski definition) is 19. The summed E-state index contributed by atoms with van der Waals surface area (Å²) in [5, 5.41) is 2.73. The van der Waals surface area contributed by atoms with E-state index in [1.807, 2.05) is 18.2 Å². The summed E-state index contributed by atoms with van der Waals surface area (Å²) in [4.78, 5) is 59.2. The summed E-state index contributed by atoms with van der Waals surface area (Å²) in [5.41, 5.74) is 4.83. The fourth-order valence-electron chi connectivity index (χ4n) is 9.40. The van der Waals surface area contributed by atoms with Gasteiger partial charge in [-0.15, -0.1) is 23.5 Å². The van der Waals surface area contributed by atoms with E-state index in [-0.39, 0.29) is 65.4 Å². The molecule has 1 unspecified atom stereocenters. The van der Waals surface area contributed by atoms with Crippen LogP contribution in [-0.4, -0.2) is 98.8 Å². The predicted molar refractivity (Wildman–Crippen MR) is 260 cm³/mol. The monoisotopic (exact) mass is 1020 g/mol. The summed E-state index contributed by atoms with van der Waals surface area (Å²) < 4.78 is 65.5. The predicted octanol–water partition coefficient (Wildman–Crippen LogP) is 8.30. The van der Waals surface area contributed by atoms with E-state index in [0.29, 0.717) is 124 Å². The topological polar surface area (TPSA) is 201 Å². The average molecular weight is 1020 g/mol. The van der Waals surface area contributed by atoms with Gasteiger partial charge in [0.05, 0.1) is 75.0 Å². The van der Waals surface area contributed by atoms with E-state index in [0.717, 1.165) is 26.9 Å². The molecule has 7 aromatic rings. The van der Waals surface area contributed by atoms with Crippen molar-refractivity contribution in [3.05, 3.63) is 84.2 Å². The van der Waals surface area contributed by atoms with Crippen molar-refractivity contribution in [2.75, 3.05) is 67.3 Å². The second-order valence-corrected chi connectivity index (χ2v) is 20.1. The first-order chi connectivity index (χ1) is 35.4. The van der Waals surface area contributed by atoms with Gasteiger partial charge in [0.1, 0.15) is 48.8 Å². The molecule has 0 saturated heterocycles. The van der Waals surface area contributed by atoms with Gasteiger partial charge in [0.2, 0.25) is 5.91 Å². The summed E-state index contributed by atoms with van der Waals surface area (Å²) in [5.74, 6) is 4.39. The number of ether oxygens (including phenoxy) is 8. The average Bonchev–Trinajstić information content (AvgIpc) is 3.91. The van der Waals surface area contributed by atoms with Crippen molar-refractivity contribution in [1.82, 2.24) is 29.9 Å². The second-order valence-electron chi connectivity index (χ2n) is 17.0. The number of carbonyl (C=O) groups is 2. The van der Waals surface area contributed by atoms with Gasteiger partial charge in [0.25, 0.3) is 5.91 Å². The highest BCUT2D eigenvalue weighted by Gasteiger charge is 2.38. The maximum atomic E-state index is 16.5. The second kappa shape index (κ2) is 17.3. The molecule has 1 radical (unpaired) electrons. The number of aromatic nitrogens is 6. The number of hydrogen-bond donors (Lipinski definition) is 1. The molecular formula is C50H34FN8O10S3. The summed E-state index contributed by atoms with van der Waals surface area (Å²) in [6.45, 7) is 1.64. The van der Waals surface area contributed by atoms with Crippen molar-refractivity contribution >= 4 is 64.6 Å². The first-order valence-electron chi connectivity index (χ1n) is 22.9. The van der Waals surface area contributed by atoms with E-state index < -0.39 is 11.9 Å². The maximum Gasteiger partial charge on any atom is 0.263 e. The molecule has 0 saturated carbocycles. The molecule has 18 nitrogen and oxygen atoms in total. The number of benzene rings is 1. The molecule has 6 aromatic heterocycles. The Morgan fingerprint density at radius 2 is 1.58 bits per heavy atom. The molecule has 72 heavy (non-hydrogen) atoms. The maximum absolute atomic E-state index is 16.5. The summed E-state index contributed by atoms with van der Waals surface area (Å²) in [7, 11) is 0. The van der Waals surface area contributed by atoms with Crippen LogP contribution in [0, 0.1) is 12.0 Å². The van der Waals surface area contributed by atoms with Gasteiger partial charge >= 0.3 is 0 Å². The molecule has 7 aliphatic heterocycles. The van der Waals surface area contributed by atoms with E-state index in [2.05, 4.69) is 21.5 Å². The van der Waals surface area contributed by atoms with Crippen LogP contribution in [0.1, 0.15) is 23.8 Å². The van der Waals surface area contributed by atoms with Gasteiger partial charge < -0.3 is 43.2 Å². The van der Waals surface area contributed by atoms with Crippen molar-refractivity contribution < 1.29 is 51.9 Å². The highest BCUT2D eigenvalue weighted by atomic mass is 32.2. The number of rotatable bonds is 6. The van der Waals surface area contributed by atoms with Gasteiger partial charge in [-0.1, -0.05) is 11.8 Å². The molecule has 14 rings (SSSR count). The molecule has 22 heteroatoms. The lowest BCUT2D eigenvalue weighted by Gasteiger charge is -2.30. The van der Waals surface area contributed by atoms with E-state index in [4.69, 9.17) is 57.8 Å². The lowest BCUT2D eigenvalue weighted by atomic mass is 9.94. The van der Waals surface area contributed by atoms with Crippen molar-refractivity contribution in [1.29, 1.82) is 0 Å². The fourth-order valence-corrected chi connectivity index (χ4v) is 12.0. The molecule has 0 spiro atoms. The molecular weight excluding hydrogens is 988 g/mol. The number of carbonyl (C=O) groups excluding carboxylic acids is 2. The SMILES string of the molecule is O=C1COc2ccc(N3C(=O)CSc4ccc(-c5c(C6COc7cc(F)c(-c8[c]nc(-c9cc%10c(cn9)OCCS%10)c9c8CCCO9)cc7O6)nc(-c6cc7c(cn6)OCCO7)c6c5SCO6)nc43)nc2N1. The number of nitrogens with one attached hydrogen (secondary N) is 1. The lowest BCUT2D eigenvalue weighted by molar-refractivity contribution is -0.118.